The van der Waals surface area contributed by atoms with Crippen LogP contribution < -0.4 is 10.6 Å². The van der Waals surface area contributed by atoms with Crippen LogP contribution in [-0.2, 0) is 11.2 Å². The Hall–Kier alpha value is -1.51. The van der Waals surface area contributed by atoms with Crippen LogP contribution in [0, 0.1) is 11.3 Å². The number of rotatable bonds is 2. The van der Waals surface area contributed by atoms with E-state index >= 15 is 0 Å². The molecule has 1 amide bonds. The van der Waals surface area contributed by atoms with Gasteiger partial charge < -0.3 is 10.6 Å². The van der Waals surface area contributed by atoms with Gasteiger partial charge in [0.2, 0.25) is 5.91 Å². The van der Waals surface area contributed by atoms with Crippen molar-refractivity contribution in [2.75, 3.05) is 17.2 Å². The van der Waals surface area contributed by atoms with Gasteiger partial charge in [0.1, 0.15) is 0 Å². The molecule has 1 unspecified atom stereocenters. The second kappa shape index (κ2) is 5.12. The van der Waals surface area contributed by atoms with Crippen LogP contribution >= 0.6 is 0 Å². The van der Waals surface area contributed by atoms with Gasteiger partial charge in [0, 0.05) is 23.8 Å². The first-order valence-electron chi connectivity index (χ1n) is 7.74. The maximum Gasteiger partial charge on any atom is 0.228 e. The van der Waals surface area contributed by atoms with E-state index in [9.17, 15) is 4.79 Å². The van der Waals surface area contributed by atoms with Gasteiger partial charge >= 0.3 is 0 Å². The molecule has 0 saturated heterocycles. The summed E-state index contributed by atoms with van der Waals surface area (Å²) in [4.78, 5) is 12.6. The number of nitrogens with one attached hydrogen (secondary N) is 2. The fourth-order valence-corrected chi connectivity index (χ4v) is 3.66. The lowest BCUT2D eigenvalue weighted by Crippen LogP contribution is -2.31. The molecule has 108 valence electrons. The van der Waals surface area contributed by atoms with E-state index in [2.05, 4.69) is 30.5 Å². The Morgan fingerprint density at radius 1 is 1.35 bits per heavy atom. The highest BCUT2D eigenvalue weighted by atomic mass is 16.1. The van der Waals surface area contributed by atoms with E-state index in [-0.39, 0.29) is 17.2 Å². The molecule has 0 radical (unpaired) electrons. The van der Waals surface area contributed by atoms with E-state index in [0.29, 0.717) is 0 Å². The minimum absolute atomic E-state index is 0.136. The van der Waals surface area contributed by atoms with E-state index in [4.69, 9.17) is 0 Å². The smallest absolute Gasteiger partial charge is 0.228 e. The highest BCUT2D eigenvalue weighted by Gasteiger charge is 2.39. The minimum atomic E-state index is 0.136. The van der Waals surface area contributed by atoms with Crippen molar-refractivity contribution in [1.29, 1.82) is 0 Å². The number of hydrogen-bond donors (Lipinski definition) is 2. The Bertz CT molecular complexity index is 522. The summed E-state index contributed by atoms with van der Waals surface area (Å²) in [6.07, 6.45) is 5.52. The summed E-state index contributed by atoms with van der Waals surface area (Å²) < 4.78 is 0. The summed E-state index contributed by atoms with van der Waals surface area (Å²) >= 11 is 0. The van der Waals surface area contributed by atoms with Crippen molar-refractivity contribution in [3.05, 3.63) is 23.8 Å². The van der Waals surface area contributed by atoms with E-state index < -0.39 is 0 Å². The van der Waals surface area contributed by atoms with Crippen LogP contribution in [0.5, 0.6) is 0 Å². The number of amides is 1. The number of carbonyl (C=O) groups is 1. The average Bonchev–Trinajstić information content (AvgIpc) is 2.79. The Morgan fingerprint density at radius 2 is 2.20 bits per heavy atom. The van der Waals surface area contributed by atoms with Gasteiger partial charge in [-0.1, -0.05) is 26.3 Å². The van der Waals surface area contributed by atoms with Crippen LogP contribution in [0.3, 0.4) is 0 Å². The fourth-order valence-electron chi connectivity index (χ4n) is 3.66. The largest absolute Gasteiger partial charge is 0.385 e. The molecule has 1 heterocycles. The standard InChI is InChI=1S/C17H24N2O/c1-17(2)10-4-7-13(17)16(20)19-15-9-3-8-14-12(15)6-5-11-18-14/h3,8-9,13,18H,4-7,10-11H2,1-2H3,(H,19,20). The third-order valence-corrected chi connectivity index (χ3v) is 4.93. The molecule has 1 aliphatic heterocycles. The molecule has 0 bridgehead atoms. The molecule has 1 aliphatic carbocycles. The summed E-state index contributed by atoms with van der Waals surface area (Å²) in [5.74, 6) is 0.348. The predicted molar refractivity (Wildman–Crippen MR) is 83.0 cm³/mol. The van der Waals surface area contributed by atoms with Crippen LogP contribution in [0.25, 0.3) is 0 Å². The van der Waals surface area contributed by atoms with Crippen molar-refractivity contribution in [3.8, 4) is 0 Å². The summed E-state index contributed by atoms with van der Waals surface area (Å²) in [5.41, 5.74) is 3.59. The SMILES string of the molecule is CC1(C)CCCC1C(=O)Nc1cccc2c1CCCN2. The van der Waals surface area contributed by atoms with Crippen LogP contribution in [0.2, 0.25) is 0 Å². The summed E-state index contributed by atoms with van der Waals surface area (Å²) in [6, 6.07) is 6.15. The molecule has 2 N–H and O–H groups in total. The van der Waals surface area contributed by atoms with Crippen molar-refractivity contribution < 1.29 is 4.79 Å². The van der Waals surface area contributed by atoms with Gasteiger partial charge in [-0.25, -0.2) is 0 Å². The highest BCUT2D eigenvalue weighted by molar-refractivity contribution is 5.94. The van der Waals surface area contributed by atoms with Crippen molar-refractivity contribution in [3.63, 3.8) is 0 Å². The Morgan fingerprint density at radius 3 is 2.95 bits per heavy atom. The van der Waals surface area contributed by atoms with Gasteiger partial charge in [0.15, 0.2) is 0 Å². The number of fused-ring (bicyclic) bond motifs is 1. The quantitative estimate of drug-likeness (QED) is 0.859. The highest BCUT2D eigenvalue weighted by Crippen LogP contribution is 2.43. The van der Waals surface area contributed by atoms with Crippen LogP contribution in [0.4, 0.5) is 11.4 Å². The average molecular weight is 272 g/mol. The zero-order valence-corrected chi connectivity index (χ0v) is 12.5. The maximum atomic E-state index is 12.6. The van der Waals surface area contributed by atoms with Crippen molar-refractivity contribution >= 4 is 17.3 Å². The zero-order chi connectivity index (χ0) is 14.2. The first-order valence-corrected chi connectivity index (χ1v) is 7.74. The maximum absolute atomic E-state index is 12.6. The predicted octanol–water partition coefficient (Wildman–Crippen LogP) is 3.81. The topological polar surface area (TPSA) is 41.1 Å². The molecular formula is C17H24N2O. The summed E-state index contributed by atoms with van der Waals surface area (Å²) in [5, 5.41) is 6.60. The normalized spacial score (nSPS) is 23.8. The van der Waals surface area contributed by atoms with E-state index in [0.717, 1.165) is 37.9 Å². The van der Waals surface area contributed by atoms with Gasteiger partial charge in [-0.15, -0.1) is 0 Å². The Balaban J connectivity index is 1.80. The third kappa shape index (κ3) is 2.41. The van der Waals surface area contributed by atoms with Crippen molar-refractivity contribution in [2.45, 2.75) is 46.0 Å². The Labute approximate surface area is 121 Å². The van der Waals surface area contributed by atoms with Gasteiger partial charge in [-0.05, 0) is 48.8 Å². The monoisotopic (exact) mass is 272 g/mol. The summed E-state index contributed by atoms with van der Waals surface area (Å²) in [7, 11) is 0. The van der Waals surface area contributed by atoms with E-state index in [1.165, 1.54) is 17.7 Å². The molecule has 1 saturated carbocycles. The molecular weight excluding hydrogens is 248 g/mol. The molecule has 1 atom stereocenters. The number of hydrogen-bond acceptors (Lipinski definition) is 2. The second-order valence-electron chi connectivity index (χ2n) is 6.78. The molecule has 3 heteroatoms. The number of carbonyl (C=O) groups excluding carboxylic acids is 1. The number of anilines is 2. The fraction of sp³-hybridized carbons (Fsp3) is 0.588. The molecule has 1 aromatic rings. The van der Waals surface area contributed by atoms with E-state index in [1.54, 1.807) is 0 Å². The molecule has 1 fully saturated rings. The first kappa shape index (κ1) is 13.5. The minimum Gasteiger partial charge on any atom is -0.385 e. The third-order valence-electron chi connectivity index (χ3n) is 4.93. The van der Waals surface area contributed by atoms with Gasteiger partial charge in [0.05, 0.1) is 0 Å². The van der Waals surface area contributed by atoms with Gasteiger partial charge in [-0.3, -0.25) is 4.79 Å². The molecule has 3 nitrogen and oxygen atoms in total. The van der Waals surface area contributed by atoms with Crippen molar-refractivity contribution in [1.82, 2.24) is 0 Å². The number of benzene rings is 1. The zero-order valence-electron chi connectivity index (χ0n) is 12.5. The lowest BCUT2D eigenvalue weighted by molar-refractivity contribution is -0.122. The molecule has 0 spiro atoms. The molecule has 3 rings (SSSR count). The molecule has 20 heavy (non-hydrogen) atoms. The lowest BCUT2D eigenvalue weighted by atomic mass is 9.81. The van der Waals surface area contributed by atoms with Crippen LogP contribution in [-0.4, -0.2) is 12.5 Å². The lowest BCUT2D eigenvalue weighted by Gasteiger charge is -2.27. The summed E-state index contributed by atoms with van der Waals surface area (Å²) in [6.45, 7) is 5.46. The molecule has 0 aromatic heterocycles. The van der Waals surface area contributed by atoms with Crippen molar-refractivity contribution in [2.24, 2.45) is 11.3 Å². The van der Waals surface area contributed by atoms with Gasteiger partial charge in [-0.2, -0.15) is 0 Å². The van der Waals surface area contributed by atoms with Gasteiger partial charge in [0.25, 0.3) is 0 Å². The van der Waals surface area contributed by atoms with Crippen LogP contribution in [0.15, 0.2) is 18.2 Å². The van der Waals surface area contributed by atoms with Crippen LogP contribution in [0.1, 0.15) is 45.1 Å². The Kier molecular flexibility index (Phi) is 3.45. The molecule has 1 aromatic carbocycles. The second-order valence-corrected chi connectivity index (χ2v) is 6.78. The molecule has 2 aliphatic rings. The first-order chi connectivity index (χ1) is 9.58. The van der Waals surface area contributed by atoms with E-state index in [1.807, 2.05) is 12.1 Å².